The van der Waals surface area contributed by atoms with Crippen LogP contribution in [-0.2, 0) is 11.3 Å². The van der Waals surface area contributed by atoms with Gasteiger partial charge in [-0.15, -0.1) is 0 Å². The van der Waals surface area contributed by atoms with Crippen LogP contribution in [0, 0.1) is 6.92 Å². The third-order valence-electron chi connectivity index (χ3n) is 3.21. The van der Waals surface area contributed by atoms with Crippen LogP contribution in [0.15, 0.2) is 22.6 Å². The van der Waals surface area contributed by atoms with Crippen molar-refractivity contribution in [1.29, 1.82) is 0 Å². The Labute approximate surface area is 111 Å². The quantitative estimate of drug-likeness (QED) is 0.896. The number of aryl methyl sites for hydroxylation is 1. The van der Waals surface area contributed by atoms with E-state index in [1.54, 1.807) is 0 Å². The molecule has 0 saturated carbocycles. The number of oxazole rings is 1. The fourth-order valence-electron chi connectivity index (χ4n) is 2.04. The van der Waals surface area contributed by atoms with Gasteiger partial charge in [0, 0.05) is 19.5 Å². The summed E-state index contributed by atoms with van der Waals surface area (Å²) in [4.78, 5) is 17.0. The van der Waals surface area contributed by atoms with Gasteiger partial charge in [-0.3, -0.25) is 9.69 Å². The Morgan fingerprint density at radius 2 is 2.26 bits per heavy atom. The van der Waals surface area contributed by atoms with Gasteiger partial charge in [-0.1, -0.05) is 6.07 Å². The van der Waals surface area contributed by atoms with E-state index < -0.39 is 5.97 Å². The van der Waals surface area contributed by atoms with Crippen LogP contribution in [0.5, 0.6) is 0 Å². The average molecular weight is 262 g/mol. The molecule has 0 radical (unpaired) electrons. The van der Waals surface area contributed by atoms with Gasteiger partial charge in [0.15, 0.2) is 11.5 Å². The molecule has 0 aliphatic carbocycles. The monoisotopic (exact) mass is 262 g/mol. The molecule has 1 N–H and O–H groups in total. The molecule has 0 saturated heterocycles. The molecular weight excluding hydrogens is 244 g/mol. The van der Waals surface area contributed by atoms with Gasteiger partial charge in [-0.2, -0.15) is 0 Å². The van der Waals surface area contributed by atoms with Gasteiger partial charge in [0.05, 0.1) is 6.42 Å². The van der Waals surface area contributed by atoms with Gasteiger partial charge in [-0.25, -0.2) is 4.98 Å². The molecule has 19 heavy (non-hydrogen) atoms. The van der Waals surface area contributed by atoms with Crippen molar-refractivity contribution in [3.05, 3.63) is 29.7 Å². The molecule has 0 amide bonds. The van der Waals surface area contributed by atoms with E-state index in [0.717, 1.165) is 16.7 Å². The lowest BCUT2D eigenvalue weighted by atomic mass is 10.1. The number of nitrogens with zero attached hydrogens (tertiary/aromatic N) is 2. The molecule has 1 aromatic carbocycles. The number of aromatic nitrogens is 1. The average Bonchev–Trinajstić information content (AvgIpc) is 2.67. The van der Waals surface area contributed by atoms with Crippen molar-refractivity contribution in [2.24, 2.45) is 0 Å². The van der Waals surface area contributed by atoms with Crippen molar-refractivity contribution in [3.63, 3.8) is 0 Å². The Morgan fingerprint density at radius 3 is 2.95 bits per heavy atom. The lowest BCUT2D eigenvalue weighted by Gasteiger charge is -2.23. The number of hydrogen-bond acceptors (Lipinski definition) is 4. The minimum atomic E-state index is -0.776. The van der Waals surface area contributed by atoms with Crippen molar-refractivity contribution in [3.8, 4) is 0 Å². The summed E-state index contributed by atoms with van der Waals surface area (Å²) in [5, 5.41) is 8.79. The Morgan fingerprint density at radius 1 is 1.53 bits per heavy atom. The standard InChI is InChI=1S/C14H18N2O3/c1-9(6-14(17)18)16(3)8-11-4-5-13-12(7-11)15-10(2)19-13/h4-5,7,9H,6,8H2,1-3H3,(H,17,18). The van der Waals surface area contributed by atoms with Gasteiger partial charge in [-0.05, 0) is 31.7 Å². The van der Waals surface area contributed by atoms with E-state index in [2.05, 4.69) is 4.98 Å². The predicted octanol–water partition coefficient (Wildman–Crippen LogP) is 2.43. The number of carboxylic acids is 1. The summed E-state index contributed by atoms with van der Waals surface area (Å²) in [5.41, 5.74) is 2.72. The smallest absolute Gasteiger partial charge is 0.304 e. The molecule has 0 bridgehead atoms. The largest absolute Gasteiger partial charge is 0.481 e. The third-order valence-corrected chi connectivity index (χ3v) is 3.21. The van der Waals surface area contributed by atoms with Crippen LogP contribution in [0.25, 0.3) is 11.1 Å². The summed E-state index contributed by atoms with van der Waals surface area (Å²) in [7, 11) is 1.92. The van der Waals surface area contributed by atoms with Gasteiger partial charge in [0.25, 0.3) is 0 Å². The lowest BCUT2D eigenvalue weighted by molar-refractivity contribution is -0.138. The molecule has 102 valence electrons. The van der Waals surface area contributed by atoms with E-state index in [4.69, 9.17) is 9.52 Å². The molecule has 1 atom stereocenters. The molecule has 2 rings (SSSR count). The number of carbonyl (C=O) groups is 1. The fraction of sp³-hybridized carbons (Fsp3) is 0.429. The first-order chi connectivity index (χ1) is 8.95. The Bertz CT molecular complexity index is 591. The van der Waals surface area contributed by atoms with Crippen LogP contribution in [-0.4, -0.2) is 34.0 Å². The summed E-state index contributed by atoms with van der Waals surface area (Å²) >= 11 is 0. The number of carboxylic acid groups (broad SMARTS) is 1. The number of benzene rings is 1. The first kappa shape index (κ1) is 13.5. The molecule has 5 nitrogen and oxygen atoms in total. The highest BCUT2D eigenvalue weighted by atomic mass is 16.4. The van der Waals surface area contributed by atoms with Crippen molar-refractivity contribution >= 4 is 17.1 Å². The van der Waals surface area contributed by atoms with Gasteiger partial charge in [0.2, 0.25) is 0 Å². The van der Waals surface area contributed by atoms with E-state index in [0.29, 0.717) is 12.4 Å². The van der Waals surface area contributed by atoms with Crippen LogP contribution in [0.2, 0.25) is 0 Å². The topological polar surface area (TPSA) is 66.6 Å². The Kier molecular flexibility index (Phi) is 3.85. The van der Waals surface area contributed by atoms with Crippen molar-refractivity contribution in [2.75, 3.05) is 7.05 Å². The minimum absolute atomic E-state index is 0.00718. The first-order valence-corrected chi connectivity index (χ1v) is 6.24. The van der Waals surface area contributed by atoms with Crippen LogP contribution in [0.1, 0.15) is 24.8 Å². The zero-order chi connectivity index (χ0) is 14.0. The second-order valence-electron chi connectivity index (χ2n) is 4.90. The van der Waals surface area contributed by atoms with E-state index in [1.807, 2.05) is 44.0 Å². The highest BCUT2D eigenvalue weighted by Crippen LogP contribution is 2.18. The Hall–Kier alpha value is -1.88. The summed E-state index contributed by atoms with van der Waals surface area (Å²) in [6, 6.07) is 5.86. The molecular formula is C14H18N2O3. The number of aliphatic carboxylic acids is 1. The molecule has 1 heterocycles. The highest BCUT2D eigenvalue weighted by Gasteiger charge is 2.13. The van der Waals surface area contributed by atoms with E-state index in [1.165, 1.54) is 0 Å². The third kappa shape index (κ3) is 3.32. The van der Waals surface area contributed by atoms with E-state index >= 15 is 0 Å². The zero-order valence-electron chi connectivity index (χ0n) is 11.4. The maximum Gasteiger partial charge on any atom is 0.304 e. The lowest BCUT2D eigenvalue weighted by Crippen LogP contribution is -2.30. The van der Waals surface area contributed by atoms with E-state index in [9.17, 15) is 4.79 Å². The second-order valence-corrected chi connectivity index (χ2v) is 4.90. The molecule has 2 aromatic rings. The molecule has 0 aliphatic rings. The summed E-state index contributed by atoms with van der Waals surface area (Å²) < 4.78 is 5.43. The molecule has 1 aromatic heterocycles. The maximum atomic E-state index is 10.7. The first-order valence-electron chi connectivity index (χ1n) is 6.24. The molecule has 0 aliphatic heterocycles. The maximum absolute atomic E-state index is 10.7. The second kappa shape index (κ2) is 5.40. The van der Waals surface area contributed by atoms with Crippen molar-refractivity contribution < 1.29 is 14.3 Å². The van der Waals surface area contributed by atoms with Crippen molar-refractivity contribution in [1.82, 2.24) is 9.88 Å². The van der Waals surface area contributed by atoms with Crippen LogP contribution >= 0.6 is 0 Å². The van der Waals surface area contributed by atoms with Crippen molar-refractivity contribution in [2.45, 2.75) is 32.9 Å². The minimum Gasteiger partial charge on any atom is -0.481 e. The fourth-order valence-corrected chi connectivity index (χ4v) is 2.04. The zero-order valence-corrected chi connectivity index (χ0v) is 11.4. The van der Waals surface area contributed by atoms with E-state index in [-0.39, 0.29) is 12.5 Å². The Balaban J connectivity index is 2.09. The van der Waals surface area contributed by atoms with Gasteiger partial charge in [0.1, 0.15) is 5.52 Å². The summed E-state index contributed by atoms with van der Waals surface area (Å²) in [6.07, 6.45) is 0.141. The summed E-state index contributed by atoms with van der Waals surface area (Å²) in [5.74, 6) is -0.123. The molecule has 5 heteroatoms. The number of fused-ring (bicyclic) bond motifs is 1. The highest BCUT2D eigenvalue weighted by molar-refractivity contribution is 5.73. The van der Waals surface area contributed by atoms with Gasteiger partial charge >= 0.3 is 5.97 Å². The SMILES string of the molecule is Cc1nc2cc(CN(C)C(C)CC(=O)O)ccc2o1. The summed E-state index contributed by atoms with van der Waals surface area (Å²) in [6.45, 7) is 4.42. The number of rotatable bonds is 5. The molecule has 0 fully saturated rings. The van der Waals surface area contributed by atoms with Crippen LogP contribution in [0.4, 0.5) is 0 Å². The van der Waals surface area contributed by atoms with Crippen LogP contribution in [0.3, 0.4) is 0 Å². The molecule has 0 spiro atoms. The predicted molar refractivity (Wildman–Crippen MR) is 71.9 cm³/mol. The normalized spacial score (nSPS) is 13.1. The van der Waals surface area contributed by atoms with Gasteiger partial charge < -0.3 is 9.52 Å². The number of hydrogen-bond donors (Lipinski definition) is 1. The van der Waals surface area contributed by atoms with Crippen LogP contribution < -0.4 is 0 Å². The molecule has 1 unspecified atom stereocenters.